The van der Waals surface area contributed by atoms with Crippen molar-refractivity contribution in [3.63, 3.8) is 0 Å². The van der Waals surface area contributed by atoms with E-state index in [1.807, 2.05) is 6.07 Å². The Morgan fingerprint density at radius 1 is 1.69 bits per heavy atom. The van der Waals surface area contributed by atoms with Crippen LogP contribution in [0.2, 0.25) is 0 Å². The Labute approximate surface area is 100 Å². The largest absolute Gasteiger partial charge is 0.389 e. The topological polar surface area (TPSA) is 60.2 Å². The standard InChI is InChI=1S/C11H15N3OS/c12-11(16)9-3-4-13-7-10(9)14-6-8-2-1-5-15-8/h3-4,7-8,14H,1-2,5-6H2,(H2,12,16). The zero-order chi connectivity index (χ0) is 11.4. The van der Waals surface area contributed by atoms with E-state index in [1.165, 1.54) is 0 Å². The lowest BCUT2D eigenvalue weighted by molar-refractivity contribution is 0.120. The second-order valence-electron chi connectivity index (χ2n) is 3.80. The van der Waals surface area contributed by atoms with Gasteiger partial charge in [0.25, 0.3) is 0 Å². The number of nitrogens with two attached hydrogens (primary N) is 1. The van der Waals surface area contributed by atoms with Crippen LogP contribution in [0.5, 0.6) is 0 Å². The summed E-state index contributed by atoms with van der Waals surface area (Å²) in [5.41, 5.74) is 7.35. The molecule has 0 spiro atoms. The summed E-state index contributed by atoms with van der Waals surface area (Å²) < 4.78 is 5.53. The van der Waals surface area contributed by atoms with Gasteiger partial charge in [0.15, 0.2) is 0 Å². The highest BCUT2D eigenvalue weighted by atomic mass is 32.1. The van der Waals surface area contributed by atoms with Gasteiger partial charge in [-0.05, 0) is 18.9 Å². The lowest BCUT2D eigenvalue weighted by Crippen LogP contribution is -2.21. The van der Waals surface area contributed by atoms with Crippen molar-refractivity contribution in [2.24, 2.45) is 5.73 Å². The molecule has 0 radical (unpaired) electrons. The van der Waals surface area contributed by atoms with Crippen LogP contribution in [0.1, 0.15) is 18.4 Å². The van der Waals surface area contributed by atoms with Crippen LogP contribution in [0.25, 0.3) is 0 Å². The van der Waals surface area contributed by atoms with E-state index < -0.39 is 0 Å². The average Bonchev–Trinajstić information content (AvgIpc) is 2.79. The van der Waals surface area contributed by atoms with Gasteiger partial charge in [-0.15, -0.1) is 0 Å². The molecule has 0 bridgehead atoms. The van der Waals surface area contributed by atoms with Crippen LogP contribution >= 0.6 is 12.2 Å². The molecule has 1 atom stereocenters. The molecule has 16 heavy (non-hydrogen) atoms. The van der Waals surface area contributed by atoms with E-state index in [4.69, 9.17) is 22.7 Å². The molecule has 2 rings (SSSR count). The molecule has 1 aromatic rings. The Balaban J connectivity index is 2.00. The summed E-state index contributed by atoms with van der Waals surface area (Å²) in [7, 11) is 0. The van der Waals surface area contributed by atoms with Crippen molar-refractivity contribution in [3.8, 4) is 0 Å². The predicted molar refractivity (Wildman–Crippen MR) is 67.6 cm³/mol. The zero-order valence-corrected chi connectivity index (χ0v) is 9.80. The molecule has 0 aromatic carbocycles. The maximum absolute atomic E-state index is 5.63. The number of anilines is 1. The molecule has 0 amide bonds. The van der Waals surface area contributed by atoms with Gasteiger partial charge in [-0.3, -0.25) is 4.98 Å². The number of hydrogen-bond acceptors (Lipinski definition) is 4. The summed E-state index contributed by atoms with van der Waals surface area (Å²) in [5.74, 6) is 0. The van der Waals surface area contributed by atoms with E-state index in [0.717, 1.165) is 37.2 Å². The van der Waals surface area contributed by atoms with E-state index in [2.05, 4.69) is 10.3 Å². The van der Waals surface area contributed by atoms with E-state index in [0.29, 0.717) is 11.1 Å². The van der Waals surface area contributed by atoms with E-state index in [-0.39, 0.29) is 0 Å². The molecule has 0 saturated carbocycles. The number of nitrogens with one attached hydrogen (secondary N) is 1. The molecule has 4 nitrogen and oxygen atoms in total. The van der Waals surface area contributed by atoms with Crippen LogP contribution in [0.3, 0.4) is 0 Å². The summed E-state index contributed by atoms with van der Waals surface area (Å²) in [6.45, 7) is 1.64. The number of aromatic nitrogens is 1. The number of pyridine rings is 1. The average molecular weight is 237 g/mol. The Morgan fingerprint density at radius 2 is 2.56 bits per heavy atom. The number of nitrogens with zero attached hydrogens (tertiary/aromatic N) is 1. The van der Waals surface area contributed by atoms with Gasteiger partial charge in [-0.25, -0.2) is 0 Å². The predicted octanol–water partition coefficient (Wildman–Crippen LogP) is 1.31. The number of thiocarbonyl (C=S) groups is 1. The van der Waals surface area contributed by atoms with Gasteiger partial charge >= 0.3 is 0 Å². The minimum atomic E-state index is 0.291. The van der Waals surface area contributed by atoms with Crippen molar-refractivity contribution in [1.82, 2.24) is 4.98 Å². The lowest BCUT2D eigenvalue weighted by atomic mass is 10.2. The Bertz CT molecular complexity index is 377. The number of ether oxygens (including phenoxy) is 1. The number of rotatable bonds is 4. The number of hydrogen-bond donors (Lipinski definition) is 2. The molecule has 1 saturated heterocycles. The minimum absolute atomic E-state index is 0.291. The summed E-state index contributed by atoms with van der Waals surface area (Å²) in [6.07, 6.45) is 5.96. The molecule has 1 fully saturated rings. The lowest BCUT2D eigenvalue weighted by Gasteiger charge is -2.14. The van der Waals surface area contributed by atoms with Gasteiger partial charge in [-0.2, -0.15) is 0 Å². The molecular weight excluding hydrogens is 222 g/mol. The zero-order valence-electron chi connectivity index (χ0n) is 8.98. The van der Waals surface area contributed by atoms with Crippen LogP contribution in [-0.2, 0) is 4.74 Å². The maximum Gasteiger partial charge on any atom is 0.106 e. The monoisotopic (exact) mass is 237 g/mol. The van der Waals surface area contributed by atoms with Crippen molar-refractivity contribution < 1.29 is 4.74 Å². The summed E-state index contributed by atoms with van der Waals surface area (Å²) in [5, 5.41) is 3.28. The second-order valence-corrected chi connectivity index (χ2v) is 4.24. The fraction of sp³-hybridized carbons (Fsp3) is 0.455. The van der Waals surface area contributed by atoms with Gasteiger partial charge in [0.05, 0.1) is 18.0 Å². The van der Waals surface area contributed by atoms with E-state index >= 15 is 0 Å². The fourth-order valence-corrected chi connectivity index (χ4v) is 1.96. The smallest absolute Gasteiger partial charge is 0.106 e. The van der Waals surface area contributed by atoms with Crippen LogP contribution in [-0.4, -0.2) is 29.2 Å². The molecule has 2 heterocycles. The van der Waals surface area contributed by atoms with Gasteiger partial charge in [0.2, 0.25) is 0 Å². The molecule has 1 aliphatic heterocycles. The van der Waals surface area contributed by atoms with Crippen molar-refractivity contribution >= 4 is 22.9 Å². The highest BCUT2D eigenvalue weighted by molar-refractivity contribution is 7.80. The first-order valence-electron chi connectivity index (χ1n) is 5.36. The Hall–Kier alpha value is -1.20. The van der Waals surface area contributed by atoms with Crippen LogP contribution in [0.4, 0.5) is 5.69 Å². The molecular formula is C11H15N3OS. The summed E-state index contributed by atoms with van der Waals surface area (Å²) >= 11 is 4.98. The SMILES string of the molecule is NC(=S)c1ccncc1NCC1CCCO1. The van der Waals surface area contributed by atoms with Gasteiger partial charge in [-0.1, -0.05) is 12.2 Å². The Morgan fingerprint density at radius 3 is 3.25 bits per heavy atom. The van der Waals surface area contributed by atoms with Crippen LogP contribution in [0, 0.1) is 0 Å². The summed E-state index contributed by atoms with van der Waals surface area (Å²) in [6, 6.07) is 1.82. The van der Waals surface area contributed by atoms with Crippen molar-refractivity contribution in [1.29, 1.82) is 0 Å². The highest BCUT2D eigenvalue weighted by Crippen LogP contribution is 2.16. The molecule has 3 N–H and O–H groups in total. The third-order valence-electron chi connectivity index (χ3n) is 2.63. The first-order valence-corrected chi connectivity index (χ1v) is 5.77. The minimum Gasteiger partial charge on any atom is -0.389 e. The van der Waals surface area contributed by atoms with Gasteiger partial charge < -0.3 is 15.8 Å². The van der Waals surface area contributed by atoms with Gasteiger partial charge in [0, 0.05) is 24.9 Å². The van der Waals surface area contributed by atoms with Gasteiger partial charge in [0.1, 0.15) is 4.99 Å². The molecule has 1 aromatic heterocycles. The Kier molecular flexibility index (Phi) is 3.69. The molecule has 1 unspecified atom stereocenters. The quantitative estimate of drug-likeness (QED) is 0.773. The fourth-order valence-electron chi connectivity index (χ4n) is 1.78. The first-order chi connectivity index (χ1) is 7.77. The van der Waals surface area contributed by atoms with Crippen molar-refractivity contribution in [2.45, 2.75) is 18.9 Å². The maximum atomic E-state index is 5.63. The first kappa shape index (κ1) is 11.3. The van der Waals surface area contributed by atoms with E-state index in [9.17, 15) is 0 Å². The van der Waals surface area contributed by atoms with Crippen LogP contribution in [0.15, 0.2) is 18.5 Å². The van der Waals surface area contributed by atoms with Crippen molar-refractivity contribution in [3.05, 3.63) is 24.0 Å². The normalized spacial score (nSPS) is 19.6. The van der Waals surface area contributed by atoms with Crippen LogP contribution < -0.4 is 11.1 Å². The van der Waals surface area contributed by atoms with Crippen molar-refractivity contribution in [2.75, 3.05) is 18.5 Å². The molecule has 86 valence electrons. The molecule has 1 aliphatic rings. The third kappa shape index (κ3) is 2.68. The molecule has 0 aliphatic carbocycles. The van der Waals surface area contributed by atoms with E-state index in [1.54, 1.807) is 12.4 Å². The summed E-state index contributed by atoms with van der Waals surface area (Å²) in [4.78, 5) is 4.44. The third-order valence-corrected chi connectivity index (χ3v) is 2.85. The second kappa shape index (κ2) is 5.23. The molecule has 5 heteroatoms. The highest BCUT2D eigenvalue weighted by Gasteiger charge is 2.15.